The summed E-state index contributed by atoms with van der Waals surface area (Å²) < 4.78 is 5.02. The van der Waals surface area contributed by atoms with Crippen molar-refractivity contribution in [2.75, 3.05) is 19.8 Å². The summed E-state index contributed by atoms with van der Waals surface area (Å²) in [5, 5.41) is 2.93. The van der Waals surface area contributed by atoms with Crippen molar-refractivity contribution in [2.24, 2.45) is 5.73 Å². The predicted molar refractivity (Wildman–Crippen MR) is 64.3 cm³/mol. The number of nitrogens with two attached hydrogens (primary N) is 1. The molecule has 0 radical (unpaired) electrons. The van der Waals surface area contributed by atoms with Gasteiger partial charge in [0, 0.05) is 13.2 Å². The highest BCUT2D eigenvalue weighted by Crippen LogP contribution is 2.12. The van der Waals surface area contributed by atoms with Crippen LogP contribution in [-0.2, 0) is 9.53 Å². The number of amides is 1. The van der Waals surface area contributed by atoms with Crippen molar-refractivity contribution < 1.29 is 9.53 Å². The molecular formula is C10H23ClN2O2. The molecule has 0 spiro atoms. The molecular weight excluding hydrogens is 216 g/mol. The van der Waals surface area contributed by atoms with Gasteiger partial charge in [0.2, 0.25) is 5.91 Å². The molecule has 0 aromatic heterocycles. The Bertz CT molecular complexity index is 165. The van der Waals surface area contributed by atoms with Gasteiger partial charge in [-0.15, -0.1) is 12.4 Å². The zero-order chi connectivity index (χ0) is 11.0. The number of ether oxygens (including phenoxy) is 1. The van der Waals surface area contributed by atoms with Crippen molar-refractivity contribution in [3.63, 3.8) is 0 Å². The first-order chi connectivity index (χ1) is 6.64. The molecule has 15 heavy (non-hydrogen) atoms. The summed E-state index contributed by atoms with van der Waals surface area (Å²) in [6.45, 7) is 7.06. The zero-order valence-electron chi connectivity index (χ0n) is 9.84. The van der Waals surface area contributed by atoms with E-state index in [0.29, 0.717) is 13.2 Å². The molecule has 1 amide bonds. The second-order valence-corrected chi connectivity index (χ2v) is 3.38. The monoisotopic (exact) mass is 238 g/mol. The lowest BCUT2D eigenvalue weighted by Gasteiger charge is -2.31. The summed E-state index contributed by atoms with van der Waals surface area (Å²) in [4.78, 5) is 11.4. The number of nitrogens with one attached hydrogen (secondary N) is 1. The number of carbonyl (C=O) groups excluding carboxylic acids is 1. The van der Waals surface area contributed by atoms with Crippen LogP contribution in [0.1, 0.15) is 33.6 Å². The second kappa shape index (κ2) is 8.95. The number of hydrogen-bond donors (Lipinski definition) is 2. The third kappa shape index (κ3) is 5.97. The normalized spacial score (nSPS) is 10.7. The van der Waals surface area contributed by atoms with Gasteiger partial charge >= 0.3 is 0 Å². The molecule has 0 aromatic carbocycles. The van der Waals surface area contributed by atoms with Crippen molar-refractivity contribution in [3.8, 4) is 0 Å². The summed E-state index contributed by atoms with van der Waals surface area (Å²) in [5.41, 5.74) is 5.39. The molecule has 0 bridgehead atoms. The topological polar surface area (TPSA) is 64.3 Å². The fourth-order valence-electron chi connectivity index (χ4n) is 1.29. The Kier molecular flexibility index (Phi) is 10.2. The van der Waals surface area contributed by atoms with Gasteiger partial charge in [0.25, 0.3) is 0 Å². The molecule has 0 saturated heterocycles. The smallest absolute Gasteiger partial charge is 0.246 e. The van der Waals surface area contributed by atoms with Crippen LogP contribution in [0.25, 0.3) is 0 Å². The van der Waals surface area contributed by atoms with E-state index in [1.807, 2.05) is 20.8 Å². The van der Waals surface area contributed by atoms with Crippen LogP contribution in [0.2, 0.25) is 0 Å². The van der Waals surface area contributed by atoms with Crippen molar-refractivity contribution in [1.82, 2.24) is 5.32 Å². The lowest BCUT2D eigenvalue weighted by atomic mass is 9.93. The lowest BCUT2D eigenvalue weighted by molar-refractivity contribution is -0.127. The van der Waals surface area contributed by atoms with Crippen LogP contribution < -0.4 is 11.1 Å². The van der Waals surface area contributed by atoms with E-state index >= 15 is 0 Å². The van der Waals surface area contributed by atoms with E-state index in [0.717, 1.165) is 12.8 Å². The van der Waals surface area contributed by atoms with Crippen LogP contribution in [0.3, 0.4) is 0 Å². The highest BCUT2D eigenvalue weighted by molar-refractivity contribution is 5.85. The summed E-state index contributed by atoms with van der Waals surface area (Å²) in [6.07, 6.45) is 1.69. The van der Waals surface area contributed by atoms with Gasteiger partial charge < -0.3 is 15.8 Å². The van der Waals surface area contributed by atoms with E-state index in [1.54, 1.807) is 0 Å². The maximum Gasteiger partial charge on any atom is 0.246 e. The summed E-state index contributed by atoms with van der Waals surface area (Å²) in [5.74, 6) is -0.0824. The average molecular weight is 239 g/mol. The fraction of sp³-hybridized carbons (Fsp3) is 0.900. The first kappa shape index (κ1) is 17.1. The van der Waals surface area contributed by atoms with E-state index < -0.39 is 0 Å². The van der Waals surface area contributed by atoms with E-state index in [1.165, 1.54) is 0 Å². The minimum Gasteiger partial charge on any atom is -0.372 e. The maximum atomic E-state index is 11.4. The molecule has 0 aliphatic rings. The molecule has 0 unspecified atom stereocenters. The third-order valence-corrected chi connectivity index (χ3v) is 2.59. The molecule has 0 rings (SSSR count). The quantitative estimate of drug-likeness (QED) is 0.698. The highest BCUT2D eigenvalue weighted by Gasteiger charge is 2.25. The molecule has 0 fully saturated rings. The summed E-state index contributed by atoms with van der Waals surface area (Å²) >= 11 is 0. The van der Waals surface area contributed by atoms with Crippen molar-refractivity contribution in [2.45, 2.75) is 39.2 Å². The van der Waals surface area contributed by atoms with Crippen LogP contribution in [-0.4, -0.2) is 31.2 Å². The fourth-order valence-corrected chi connectivity index (χ4v) is 1.29. The Morgan fingerprint density at radius 3 is 2.20 bits per heavy atom. The third-order valence-electron chi connectivity index (χ3n) is 2.59. The number of halogens is 1. The first-order valence-electron chi connectivity index (χ1n) is 5.23. The molecule has 0 heterocycles. The first-order valence-corrected chi connectivity index (χ1v) is 5.23. The molecule has 0 saturated carbocycles. The predicted octanol–water partition coefficient (Wildman–Crippen LogP) is 1.08. The number of carbonyl (C=O) groups is 1. The van der Waals surface area contributed by atoms with Gasteiger partial charge in [0.15, 0.2) is 0 Å². The van der Waals surface area contributed by atoms with Gasteiger partial charge in [-0.1, -0.05) is 13.8 Å². The molecule has 5 heteroatoms. The van der Waals surface area contributed by atoms with Crippen LogP contribution in [0.15, 0.2) is 0 Å². The Morgan fingerprint density at radius 1 is 1.33 bits per heavy atom. The molecule has 0 aromatic rings. The average Bonchev–Trinajstić information content (AvgIpc) is 2.23. The number of hydrogen-bond acceptors (Lipinski definition) is 3. The maximum absolute atomic E-state index is 11.4. The van der Waals surface area contributed by atoms with Crippen molar-refractivity contribution in [1.29, 1.82) is 0 Å². The van der Waals surface area contributed by atoms with Gasteiger partial charge in [0.1, 0.15) is 6.61 Å². The molecule has 4 nitrogen and oxygen atoms in total. The van der Waals surface area contributed by atoms with Gasteiger partial charge in [-0.05, 0) is 19.8 Å². The Balaban J connectivity index is 0. The molecule has 3 N–H and O–H groups in total. The molecule has 0 aliphatic heterocycles. The minimum absolute atomic E-state index is 0. The van der Waals surface area contributed by atoms with Crippen LogP contribution in [0.4, 0.5) is 0 Å². The number of rotatable bonds is 7. The molecule has 92 valence electrons. The van der Waals surface area contributed by atoms with Gasteiger partial charge in [-0.3, -0.25) is 4.79 Å². The van der Waals surface area contributed by atoms with E-state index in [9.17, 15) is 4.79 Å². The van der Waals surface area contributed by atoms with Crippen LogP contribution in [0, 0.1) is 0 Å². The van der Waals surface area contributed by atoms with Gasteiger partial charge in [0.05, 0.1) is 5.54 Å². The Hall–Kier alpha value is -0.320. The van der Waals surface area contributed by atoms with E-state index in [4.69, 9.17) is 10.5 Å². The summed E-state index contributed by atoms with van der Waals surface area (Å²) in [7, 11) is 0. The summed E-state index contributed by atoms with van der Waals surface area (Å²) in [6, 6.07) is 0. The Morgan fingerprint density at radius 2 is 1.87 bits per heavy atom. The van der Waals surface area contributed by atoms with E-state index in [-0.39, 0.29) is 30.5 Å². The largest absolute Gasteiger partial charge is 0.372 e. The van der Waals surface area contributed by atoms with Crippen LogP contribution >= 0.6 is 12.4 Å². The SMILES string of the molecule is CCOCC(=O)NC(CC)(CC)CN.Cl. The highest BCUT2D eigenvalue weighted by atomic mass is 35.5. The van der Waals surface area contributed by atoms with Gasteiger partial charge in [-0.25, -0.2) is 0 Å². The van der Waals surface area contributed by atoms with Crippen molar-refractivity contribution >= 4 is 18.3 Å². The molecule has 0 atom stereocenters. The van der Waals surface area contributed by atoms with Gasteiger partial charge in [-0.2, -0.15) is 0 Å². The second-order valence-electron chi connectivity index (χ2n) is 3.38. The minimum atomic E-state index is -0.256. The molecule has 0 aliphatic carbocycles. The van der Waals surface area contributed by atoms with E-state index in [2.05, 4.69) is 5.32 Å². The standard InChI is InChI=1S/C10H22N2O2.ClH/c1-4-10(5-2,8-11)12-9(13)7-14-6-3;/h4-8,11H2,1-3H3,(H,12,13);1H. The zero-order valence-corrected chi connectivity index (χ0v) is 10.7. The Labute approximate surface area is 98.3 Å². The van der Waals surface area contributed by atoms with Crippen LogP contribution in [0.5, 0.6) is 0 Å². The van der Waals surface area contributed by atoms with Crippen molar-refractivity contribution in [3.05, 3.63) is 0 Å². The lowest BCUT2D eigenvalue weighted by Crippen LogP contribution is -2.53.